The van der Waals surface area contributed by atoms with E-state index < -0.39 is 18.1 Å². The van der Waals surface area contributed by atoms with Crippen LogP contribution in [0.4, 0.5) is 0 Å². The van der Waals surface area contributed by atoms with Crippen molar-refractivity contribution in [1.29, 1.82) is 0 Å². The Morgan fingerprint density at radius 1 is 1.00 bits per heavy atom. The largest absolute Gasteiger partial charge is 0.496 e. The third kappa shape index (κ3) is 7.45. The smallest absolute Gasteiger partial charge is 0.246 e. The summed E-state index contributed by atoms with van der Waals surface area (Å²) in [7, 11) is 4.82. The first-order valence-electron chi connectivity index (χ1n) is 12.1. The molecule has 4 atom stereocenters. The highest BCUT2D eigenvalue weighted by molar-refractivity contribution is 5.93. The molecule has 1 aromatic rings. The van der Waals surface area contributed by atoms with Gasteiger partial charge < -0.3 is 30.7 Å². The lowest BCUT2D eigenvalue weighted by Crippen LogP contribution is -2.58. The predicted octanol–water partition coefficient (Wildman–Crippen LogP) is 2.00. The van der Waals surface area contributed by atoms with Gasteiger partial charge >= 0.3 is 0 Å². The van der Waals surface area contributed by atoms with E-state index in [9.17, 15) is 14.4 Å². The fourth-order valence-electron chi connectivity index (χ4n) is 4.06. The third-order valence-corrected chi connectivity index (χ3v) is 6.34. The number of hydrogen-bond donors (Lipinski definition) is 4. The number of rotatable bonds is 7. The summed E-state index contributed by atoms with van der Waals surface area (Å²) in [6.07, 6.45) is 4.74. The lowest BCUT2D eigenvalue weighted by Gasteiger charge is -2.28. The monoisotopic (exact) mass is 488 g/mol. The molecule has 0 saturated carbocycles. The van der Waals surface area contributed by atoms with Crippen molar-refractivity contribution in [2.75, 3.05) is 21.3 Å². The summed E-state index contributed by atoms with van der Waals surface area (Å²) >= 11 is 0. The van der Waals surface area contributed by atoms with Crippen molar-refractivity contribution in [3.8, 4) is 11.5 Å². The number of hydrogen-bond acceptors (Lipinski definition) is 6. The van der Waals surface area contributed by atoms with E-state index >= 15 is 0 Å². The second kappa shape index (κ2) is 13.1. The van der Waals surface area contributed by atoms with Crippen LogP contribution in [-0.2, 0) is 20.8 Å². The van der Waals surface area contributed by atoms with Crippen molar-refractivity contribution in [2.24, 2.45) is 11.8 Å². The molecule has 2 bridgehead atoms. The summed E-state index contributed by atoms with van der Waals surface area (Å²) in [5, 5.41) is 11.6. The molecule has 2 rings (SSSR count). The van der Waals surface area contributed by atoms with Gasteiger partial charge in [0.2, 0.25) is 17.7 Å². The summed E-state index contributed by atoms with van der Waals surface area (Å²) in [5.41, 5.74) is 1.50. The first kappa shape index (κ1) is 28.2. The van der Waals surface area contributed by atoms with Gasteiger partial charge in [0.1, 0.15) is 23.6 Å². The van der Waals surface area contributed by atoms with Crippen molar-refractivity contribution >= 4 is 23.8 Å². The number of fused-ring (bicyclic) bond motifs is 2. The van der Waals surface area contributed by atoms with Crippen LogP contribution in [0.5, 0.6) is 11.5 Å². The standard InChI is InChI=1S/C26H40N4O5/c1-8-16(4)23-26(33)29-20(11-15(2)3)24(31)28-10-9-17-12-18(13-19(27-5)25(32)30-23)22(35-7)14-21(17)34-6/h9-10,12,14-16,19-20,23,27H,8,11,13H2,1-7H3,(H,28,31)(H,29,33)(H,30,32)/t16-,19+,20-,23+/m0/s1. The maximum atomic E-state index is 13.3. The topological polar surface area (TPSA) is 118 Å². The molecule has 194 valence electrons. The van der Waals surface area contributed by atoms with Gasteiger partial charge in [-0.1, -0.05) is 34.1 Å². The van der Waals surface area contributed by atoms with Crippen molar-refractivity contribution in [3.05, 3.63) is 29.5 Å². The SMILES string of the molecule is CC[C@H](C)[C@H]1NC(=O)[C@H](NC)Cc2cc(c(OC)cc2OC)C=CNC(=O)[C@H](CC(C)C)NC1=O. The van der Waals surface area contributed by atoms with E-state index in [1.807, 2.05) is 33.8 Å². The highest BCUT2D eigenvalue weighted by atomic mass is 16.5. The summed E-state index contributed by atoms with van der Waals surface area (Å²) in [6.45, 7) is 7.84. The van der Waals surface area contributed by atoms with Crippen molar-refractivity contribution in [2.45, 2.75) is 65.1 Å². The van der Waals surface area contributed by atoms with Gasteiger partial charge in [-0.25, -0.2) is 0 Å². The van der Waals surface area contributed by atoms with E-state index in [4.69, 9.17) is 9.47 Å². The minimum absolute atomic E-state index is 0.128. The van der Waals surface area contributed by atoms with Gasteiger partial charge in [-0.3, -0.25) is 14.4 Å². The van der Waals surface area contributed by atoms with Gasteiger partial charge in [-0.15, -0.1) is 0 Å². The minimum Gasteiger partial charge on any atom is -0.496 e. The van der Waals surface area contributed by atoms with Crippen LogP contribution in [0.3, 0.4) is 0 Å². The van der Waals surface area contributed by atoms with Gasteiger partial charge in [0.25, 0.3) is 0 Å². The Labute approximate surface area is 208 Å². The molecule has 9 nitrogen and oxygen atoms in total. The highest BCUT2D eigenvalue weighted by Gasteiger charge is 2.32. The number of ether oxygens (including phenoxy) is 2. The van der Waals surface area contributed by atoms with Crippen LogP contribution in [0.15, 0.2) is 18.3 Å². The zero-order chi connectivity index (χ0) is 26.1. The lowest BCUT2D eigenvalue weighted by atomic mass is 9.95. The molecule has 1 aliphatic rings. The fourth-order valence-corrected chi connectivity index (χ4v) is 4.06. The molecule has 0 fully saturated rings. The van der Waals surface area contributed by atoms with Gasteiger partial charge in [-0.05, 0) is 43.0 Å². The van der Waals surface area contributed by atoms with Crippen LogP contribution in [0.2, 0.25) is 0 Å². The predicted molar refractivity (Wildman–Crippen MR) is 136 cm³/mol. The molecule has 1 heterocycles. The molecule has 0 spiro atoms. The van der Waals surface area contributed by atoms with Crippen LogP contribution in [-0.4, -0.2) is 57.1 Å². The number of benzene rings is 1. The molecule has 0 saturated heterocycles. The molecule has 9 heteroatoms. The number of nitrogens with one attached hydrogen (secondary N) is 4. The quantitative estimate of drug-likeness (QED) is 0.466. The zero-order valence-corrected chi connectivity index (χ0v) is 21.9. The Balaban J connectivity index is 2.58. The first-order chi connectivity index (χ1) is 16.6. The Morgan fingerprint density at radius 2 is 1.69 bits per heavy atom. The van der Waals surface area contributed by atoms with Crippen molar-refractivity contribution in [3.63, 3.8) is 0 Å². The molecular weight excluding hydrogens is 448 g/mol. The second-order valence-corrected chi connectivity index (χ2v) is 9.36. The number of methoxy groups -OCH3 is 2. The molecule has 0 radical (unpaired) electrons. The number of likely N-dealkylation sites (N-methyl/N-ethyl adjacent to an activating group) is 1. The average Bonchev–Trinajstić information content (AvgIpc) is 2.83. The van der Waals surface area contributed by atoms with E-state index in [0.29, 0.717) is 30.8 Å². The van der Waals surface area contributed by atoms with E-state index in [1.165, 1.54) is 0 Å². The van der Waals surface area contributed by atoms with E-state index in [0.717, 1.165) is 11.1 Å². The van der Waals surface area contributed by atoms with E-state index in [-0.39, 0.29) is 29.6 Å². The zero-order valence-electron chi connectivity index (χ0n) is 21.9. The summed E-state index contributed by atoms with van der Waals surface area (Å²) in [5.74, 6) is 0.185. The summed E-state index contributed by atoms with van der Waals surface area (Å²) in [4.78, 5) is 39.6. The van der Waals surface area contributed by atoms with E-state index in [1.54, 1.807) is 39.6 Å². The van der Waals surface area contributed by atoms with Gasteiger partial charge in [0.05, 0.1) is 20.3 Å². The number of carbonyl (C=O) groups is 3. The molecule has 3 amide bonds. The van der Waals surface area contributed by atoms with Gasteiger partial charge in [0, 0.05) is 24.3 Å². The number of carbonyl (C=O) groups excluding carboxylic acids is 3. The van der Waals surface area contributed by atoms with Crippen LogP contribution in [0, 0.1) is 11.8 Å². The van der Waals surface area contributed by atoms with Gasteiger partial charge in [0.15, 0.2) is 0 Å². The van der Waals surface area contributed by atoms with Crippen LogP contribution in [0.25, 0.3) is 6.08 Å². The Hall–Kier alpha value is -3.07. The Kier molecular flexibility index (Phi) is 10.6. The molecular formula is C26H40N4O5. The average molecular weight is 489 g/mol. The van der Waals surface area contributed by atoms with Crippen LogP contribution < -0.4 is 30.7 Å². The molecule has 0 aromatic heterocycles. The maximum absolute atomic E-state index is 13.3. The Bertz CT molecular complexity index is 931. The molecule has 35 heavy (non-hydrogen) atoms. The number of amides is 3. The molecule has 0 unspecified atom stereocenters. The maximum Gasteiger partial charge on any atom is 0.246 e. The van der Waals surface area contributed by atoms with Crippen molar-refractivity contribution in [1.82, 2.24) is 21.3 Å². The van der Waals surface area contributed by atoms with E-state index in [2.05, 4.69) is 21.3 Å². The highest BCUT2D eigenvalue weighted by Crippen LogP contribution is 2.31. The third-order valence-electron chi connectivity index (χ3n) is 6.34. The fraction of sp³-hybridized carbons (Fsp3) is 0.577. The summed E-state index contributed by atoms with van der Waals surface area (Å²) < 4.78 is 11.1. The minimum atomic E-state index is -0.778. The second-order valence-electron chi connectivity index (χ2n) is 9.36. The lowest BCUT2D eigenvalue weighted by molar-refractivity contribution is -0.133. The molecule has 0 aliphatic carbocycles. The molecule has 1 aromatic carbocycles. The summed E-state index contributed by atoms with van der Waals surface area (Å²) in [6, 6.07) is 1.51. The Morgan fingerprint density at radius 3 is 2.26 bits per heavy atom. The molecule has 4 N–H and O–H groups in total. The first-order valence-corrected chi connectivity index (χ1v) is 12.1. The van der Waals surface area contributed by atoms with Gasteiger partial charge in [-0.2, -0.15) is 0 Å². The van der Waals surface area contributed by atoms with Crippen LogP contribution >= 0.6 is 0 Å². The van der Waals surface area contributed by atoms with Crippen molar-refractivity contribution < 1.29 is 23.9 Å². The van der Waals surface area contributed by atoms with Crippen LogP contribution in [0.1, 0.15) is 51.7 Å². The normalized spacial score (nSPS) is 22.4. The molecule has 1 aliphatic heterocycles.